The van der Waals surface area contributed by atoms with Crippen LogP contribution in [0.15, 0.2) is 53.1 Å². The number of hydrogen-bond donors (Lipinski definition) is 1. The predicted molar refractivity (Wildman–Crippen MR) is 93.3 cm³/mol. The number of carbonyl (C=O) groups is 3. The van der Waals surface area contributed by atoms with Crippen molar-refractivity contribution in [3.05, 3.63) is 71.3 Å². The summed E-state index contributed by atoms with van der Waals surface area (Å²) in [5.74, 6) is -1.55. The third-order valence-electron chi connectivity index (χ3n) is 4.18. The minimum absolute atomic E-state index is 0.0489. The van der Waals surface area contributed by atoms with Gasteiger partial charge in [-0.15, -0.1) is 0 Å². The van der Waals surface area contributed by atoms with Gasteiger partial charge in [0, 0.05) is 5.56 Å². The van der Waals surface area contributed by atoms with Crippen molar-refractivity contribution in [1.29, 1.82) is 0 Å². The topological polar surface area (TPSA) is 105 Å². The summed E-state index contributed by atoms with van der Waals surface area (Å²) >= 11 is 0. The average Bonchev–Trinajstić information content (AvgIpc) is 3.27. The van der Waals surface area contributed by atoms with Crippen LogP contribution >= 0.6 is 0 Å². The number of amides is 3. The zero-order valence-electron chi connectivity index (χ0n) is 14.4. The first-order chi connectivity index (χ1) is 13.5. The lowest BCUT2D eigenvalue weighted by Crippen LogP contribution is -2.40. The second kappa shape index (κ2) is 7.03. The fourth-order valence-corrected chi connectivity index (χ4v) is 2.80. The van der Waals surface area contributed by atoms with Gasteiger partial charge < -0.3 is 9.84 Å². The molecule has 3 aromatic rings. The van der Waals surface area contributed by atoms with Crippen LogP contribution in [0, 0.1) is 5.82 Å². The van der Waals surface area contributed by atoms with E-state index in [4.69, 9.17) is 4.52 Å². The van der Waals surface area contributed by atoms with E-state index in [1.807, 2.05) is 0 Å². The number of benzene rings is 2. The highest BCUT2D eigenvalue weighted by Crippen LogP contribution is 2.22. The van der Waals surface area contributed by atoms with E-state index in [9.17, 15) is 18.8 Å². The van der Waals surface area contributed by atoms with E-state index in [1.165, 1.54) is 24.3 Å². The Balaban J connectivity index is 1.36. The smallest absolute Gasteiger partial charge is 0.262 e. The SMILES string of the molecule is O=C(CN1C(=O)c2ccccc2C1=O)NCc1noc(-c2ccc(F)cc2)n1. The number of hydrogen-bond acceptors (Lipinski definition) is 6. The van der Waals surface area contributed by atoms with Gasteiger partial charge in [0.25, 0.3) is 17.7 Å². The molecule has 0 aliphatic carbocycles. The maximum atomic E-state index is 13.0. The summed E-state index contributed by atoms with van der Waals surface area (Å²) in [6, 6.07) is 11.9. The molecule has 1 N–H and O–H groups in total. The van der Waals surface area contributed by atoms with Crippen LogP contribution in [0.3, 0.4) is 0 Å². The molecule has 0 atom stereocenters. The van der Waals surface area contributed by atoms with Crippen molar-refractivity contribution in [2.45, 2.75) is 6.54 Å². The fourth-order valence-electron chi connectivity index (χ4n) is 2.80. The molecular formula is C19H13FN4O4. The number of imide groups is 1. The first kappa shape index (κ1) is 17.5. The number of carbonyl (C=O) groups excluding carboxylic acids is 3. The van der Waals surface area contributed by atoms with Crippen LogP contribution in [0.4, 0.5) is 4.39 Å². The minimum atomic E-state index is -0.539. The van der Waals surface area contributed by atoms with Crippen molar-refractivity contribution in [3.8, 4) is 11.5 Å². The predicted octanol–water partition coefficient (Wildman–Crippen LogP) is 1.79. The third kappa shape index (κ3) is 3.25. The van der Waals surface area contributed by atoms with Crippen molar-refractivity contribution in [1.82, 2.24) is 20.4 Å². The van der Waals surface area contributed by atoms with E-state index in [-0.39, 0.29) is 35.2 Å². The molecule has 2 heterocycles. The summed E-state index contributed by atoms with van der Waals surface area (Å²) in [6.07, 6.45) is 0. The Morgan fingerprint density at radius 1 is 1.04 bits per heavy atom. The van der Waals surface area contributed by atoms with Crippen LogP contribution in [-0.4, -0.2) is 39.3 Å². The first-order valence-electron chi connectivity index (χ1n) is 8.33. The van der Waals surface area contributed by atoms with Crippen molar-refractivity contribution >= 4 is 17.7 Å². The number of rotatable bonds is 5. The standard InChI is InChI=1S/C19H13FN4O4/c20-12-7-5-11(6-8-12)17-22-15(23-28-17)9-21-16(25)10-24-18(26)13-3-1-2-4-14(13)19(24)27/h1-8H,9-10H2,(H,21,25). The largest absolute Gasteiger partial charge is 0.347 e. The molecular weight excluding hydrogens is 367 g/mol. The zero-order chi connectivity index (χ0) is 19.7. The molecule has 9 heteroatoms. The van der Waals surface area contributed by atoms with Crippen LogP contribution in [0.1, 0.15) is 26.5 Å². The number of nitrogens with one attached hydrogen (secondary N) is 1. The molecule has 4 rings (SSSR count). The van der Waals surface area contributed by atoms with Crippen molar-refractivity contribution in [3.63, 3.8) is 0 Å². The summed E-state index contributed by atoms with van der Waals surface area (Å²) in [6.45, 7) is -0.457. The third-order valence-corrected chi connectivity index (χ3v) is 4.18. The Labute approximate surface area is 158 Å². The van der Waals surface area contributed by atoms with Crippen LogP contribution in [0.2, 0.25) is 0 Å². The molecule has 140 valence electrons. The Hall–Kier alpha value is -3.88. The van der Waals surface area contributed by atoms with Crippen LogP contribution in [0.5, 0.6) is 0 Å². The zero-order valence-corrected chi connectivity index (χ0v) is 14.4. The monoisotopic (exact) mass is 380 g/mol. The lowest BCUT2D eigenvalue weighted by Gasteiger charge is -2.12. The van der Waals surface area contributed by atoms with Crippen LogP contribution < -0.4 is 5.32 Å². The Bertz CT molecular complexity index is 1040. The van der Waals surface area contributed by atoms with Gasteiger partial charge in [-0.1, -0.05) is 17.3 Å². The molecule has 0 saturated carbocycles. The van der Waals surface area contributed by atoms with Gasteiger partial charge in [-0.25, -0.2) is 4.39 Å². The normalized spacial score (nSPS) is 13.0. The molecule has 0 bridgehead atoms. The van der Waals surface area contributed by atoms with E-state index in [2.05, 4.69) is 15.5 Å². The Morgan fingerprint density at radius 2 is 1.68 bits per heavy atom. The second-order valence-electron chi connectivity index (χ2n) is 6.04. The highest BCUT2D eigenvalue weighted by Gasteiger charge is 2.36. The lowest BCUT2D eigenvalue weighted by atomic mass is 10.1. The molecule has 3 amide bonds. The summed E-state index contributed by atoms with van der Waals surface area (Å²) in [4.78, 5) is 41.7. The van der Waals surface area contributed by atoms with Crippen LogP contribution in [-0.2, 0) is 11.3 Å². The van der Waals surface area contributed by atoms with E-state index < -0.39 is 24.3 Å². The number of aromatic nitrogens is 2. The molecule has 1 aromatic heterocycles. The Morgan fingerprint density at radius 3 is 2.32 bits per heavy atom. The fraction of sp³-hybridized carbons (Fsp3) is 0.105. The number of fused-ring (bicyclic) bond motifs is 1. The first-order valence-corrected chi connectivity index (χ1v) is 8.33. The van der Waals surface area contributed by atoms with Crippen LogP contribution in [0.25, 0.3) is 11.5 Å². The number of halogens is 1. The second-order valence-corrected chi connectivity index (χ2v) is 6.04. The molecule has 8 nitrogen and oxygen atoms in total. The van der Waals surface area contributed by atoms with Crippen molar-refractivity contribution in [2.24, 2.45) is 0 Å². The molecule has 1 aliphatic rings. The average molecular weight is 380 g/mol. The molecule has 0 unspecified atom stereocenters. The minimum Gasteiger partial charge on any atom is -0.347 e. The molecule has 28 heavy (non-hydrogen) atoms. The molecule has 0 fully saturated rings. The summed E-state index contributed by atoms with van der Waals surface area (Å²) < 4.78 is 18.0. The van der Waals surface area contributed by atoms with Gasteiger partial charge >= 0.3 is 0 Å². The van der Waals surface area contributed by atoms with Gasteiger partial charge in [0.15, 0.2) is 5.82 Å². The van der Waals surface area contributed by atoms with Gasteiger partial charge in [-0.3, -0.25) is 19.3 Å². The summed E-state index contributed by atoms with van der Waals surface area (Å²) in [7, 11) is 0. The van der Waals surface area contributed by atoms with Gasteiger partial charge in [0.1, 0.15) is 12.4 Å². The van der Waals surface area contributed by atoms with E-state index >= 15 is 0 Å². The van der Waals surface area contributed by atoms with E-state index in [1.54, 1.807) is 24.3 Å². The highest BCUT2D eigenvalue weighted by atomic mass is 19.1. The van der Waals surface area contributed by atoms with Gasteiger partial charge in [0.05, 0.1) is 17.7 Å². The molecule has 0 radical (unpaired) electrons. The summed E-state index contributed by atoms with van der Waals surface area (Å²) in [5, 5.41) is 6.28. The van der Waals surface area contributed by atoms with Gasteiger partial charge in [0.2, 0.25) is 5.91 Å². The maximum Gasteiger partial charge on any atom is 0.262 e. The van der Waals surface area contributed by atoms with Crippen molar-refractivity contribution < 1.29 is 23.3 Å². The molecule has 0 saturated heterocycles. The maximum absolute atomic E-state index is 13.0. The number of nitrogens with zero attached hydrogens (tertiary/aromatic N) is 3. The molecule has 0 spiro atoms. The molecule has 2 aromatic carbocycles. The Kier molecular flexibility index (Phi) is 4.40. The quantitative estimate of drug-likeness (QED) is 0.677. The van der Waals surface area contributed by atoms with Crippen molar-refractivity contribution in [2.75, 3.05) is 6.54 Å². The van der Waals surface area contributed by atoms with Gasteiger partial charge in [-0.05, 0) is 36.4 Å². The van der Waals surface area contributed by atoms with Gasteiger partial charge in [-0.2, -0.15) is 4.98 Å². The molecule has 1 aliphatic heterocycles. The lowest BCUT2D eigenvalue weighted by molar-refractivity contribution is -0.121. The van der Waals surface area contributed by atoms with E-state index in [0.717, 1.165) is 4.90 Å². The summed E-state index contributed by atoms with van der Waals surface area (Å²) in [5.41, 5.74) is 1.10. The highest BCUT2D eigenvalue weighted by molar-refractivity contribution is 6.22. The van der Waals surface area contributed by atoms with E-state index in [0.29, 0.717) is 5.56 Å².